The normalized spacial score (nSPS) is 18.0. The number of rotatable bonds is 7. The van der Waals surface area contributed by atoms with Gasteiger partial charge in [-0.2, -0.15) is 0 Å². The van der Waals surface area contributed by atoms with Gasteiger partial charge in [-0.05, 0) is 30.4 Å². The van der Waals surface area contributed by atoms with Gasteiger partial charge in [0.2, 0.25) is 5.91 Å². The molecule has 2 aromatic rings. The number of carbonyl (C=O) groups is 1. The van der Waals surface area contributed by atoms with Crippen molar-refractivity contribution in [2.24, 2.45) is 11.7 Å². The van der Waals surface area contributed by atoms with Gasteiger partial charge in [0.25, 0.3) is 0 Å². The molecule has 3 rings (SSSR count). The molecule has 0 aromatic heterocycles. The molecule has 0 spiro atoms. The van der Waals surface area contributed by atoms with Gasteiger partial charge in [0.05, 0.1) is 5.92 Å². The molecule has 1 aliphatic rings. The molecule has 144 valence electrons. The first-order chi connectivity index (χ1) is 13.1. The number of nitrogens with zero attached hydrogens (tertiary/aromatic N) is 1. The first-order valence-electron chi connectivity index (χ1n) is 10.0. The van der Waals surface area contributed by atoms with Gasteiger partial charge in [0.15, 0.2) is 0 Å². The Hall–Kier alpha value is -2.17. The van der Waals surface area contributed by atoms with E-state index in [2.05, 4.69) is 40.5 Å². The number of piperidine rings is 1. The summed E-state index contributed by atoms with van der Waals surface area (Å²) in [7, 11) is 0. The standard InChI is InChI=1S/C23H31N3O/c1-18(22(24)20-10-6-3-7-11-20)23(27)25-21-13-16-26(17-14-21)15-12-19-8-4-2-5-9-19/h2-11,18,21-22H,12-17,24H2,1H3,(H,25,27). The smallest absolute Gasteiger partial charge is 0.224 e. The van der Waals surface area contributed by atoms with Gasteiger partial charge in [-0.1, -0.05) is 67.6 Å². The third-order valence-electron chi connectivity index (χ3n) is 5.63. The van der Waals surface area contributed by atoms with E-state index in [1.165, 1.54) is 5.56 Å². The molecule has 1 saturated heterocycles. The van der Waals surface area contributed by atoms with E-state index < -0.39 is 0 Å². The minimum atomic E-state index is -0.267. The van der Waals surface area contributed by atoms with Crippen LogP contribution in [-0.2, 0) is 11.2 Å². The monoisotopic (exact) mass is 365 g/mol. The molecule has 27 heavy (non-hydrogen) atoms. The number of hydrogen-bond acceptors (Lipinski definition) is 3. The number of likely N-dealkylation sites (tertiary alicyclic amines) is 1. The van der Waals surface area contributed by atoms with Gasteiger partial charge in [0, 0.05) is 31.7 Å². The Labute approximate surface area is 162 Å². The van der Waals surface area contributed by atoms with E-state index in [-0.39, 0.29) is 23.9 Å². The van der Waals surface area contributed by atoms with Crippen molar-refractivity contribution in [2.75, 3.05) is 19.6 Å². The van der Waals surface area contributed by atoms with Crippen molar-refractivity contribution in [3.8, 4) is 0 Å². The number of hydrogen-bond donors (Lipinski definition) is 2. The molecule has 0 saturated carbocycles. The average molecular weight is 366 g/mol. The summed E-state index contributed by atoms with van der Waals surface area (Å²) in [5.74, 6) is -0.169. The lowest BCUT2D eigenvalue weighted by Gasteiger charge is -2.33. The largest absolute Gasteiger partial charge is 0.353 e. The van der Waals surface area contributed by atoms with Crippen molar-refractivity contribution in [1.82, 2.24) is 10.2 Å². The maximum Gasteiger partial charge on any atom is 0.224 e. The van der Waals surface area contributed by atoms with E-state index in [0.717, 1.165) is 44.5 Å². The quantitative estimate of drug-likeness (QED) is 0.792. The molecule has 0 bridgehead atoms. The highest BCUT2D eigenvalue weighted by Crippen LogP contribution is 2.20. The summed E-state index contributed by atoms with van der Waals surface area (Å²) >= 11 is 0. The highest BCUT2D eigenvalue weighted by molar-refractivity contribution is 5.79. The van der Waals surface area contributed by atoms with Gasteiger partial charge >= 0.3 is 0 Å². The van der Waals surface area contributed by atoms with Crippen LogP contribution in [0.1, 0.15) is 36.9 Å². The lowest BCUT2D eigenvalue weighted by molar-refractivity contribution is -0.126. The zero-order chi connectivity index (χ0) is 19.1. The summed E-state index contributed by atoms with van der Waals surface area (Å²) < 4.78 is 0. The summed E-state index contributed by atoms with van der Waals surface area (Å²) in [6.45, 7) is 5.08. The van der Waals surface area contributed by atoms with E-state index >= 15 is 0 Å². The second kappa shape index (κ2) is 9.67. The predicted molar refractivity (Wildman–Crippen MR) is 110 cm³/mol. The second-order valence-corrected chi connectivity index (χ2v) is 7.59. The van der Waals surface area contributed by atoms with Crippen LogP contribution < -0.4 is 11.1 Å². The van der Waals surface area contributed by atoms with E-state index in [0.29, 0.717) is 0 Å². The summed E-state index contributed by atoms with van der Waals surface area (Å²) in [5, 5.41) is 3.22. The van der Waals surface area contributed by atoms with Crippen LogP contribution in [0.15, 0.2) is 60.7 Å². The molecule has 1 fully saturated rings. The van der Waals surface area contributed by atoms with Crippen molar-refractivity contribution in [2.45, 2.75) is 38.3 Å². The Kier molecular flexibility index (Phi) is 7.02. The lowest BCUT2D eigenvalue weighted by atomic mass is 9.94. The lowest BCUT2D eigenvalue weighted by Crippen LogP contribution is -2.47. The van der Waals surface area contributed by atoms with E-state index in [4.69, 9.17) is 5.73 Å². The molecule has 2 unspecified atom stereocenters. The summed E-state index contributed by atoms with van der Waals surface area (Å²) in [4.78, 5) is 15.1. The Morgan fingerprint density at radius 1 is 1.07 bits per heavy atom. The molecule has 2 aromatic carbocycles. The molecular formula is C23H31N3O. The molecule has 1 heterocycles. The van der Waals surface area contributed by atoms with Crippen molar-refractivity contribution < 1.29 is 4.79 Å². The van der Waals surface area contributed by atoms with Crippen LogP contribution in [0.2, 0.25) is 0 Å². The molecule has 0 aliphatic carbocycles. The molecule has 3 N–H and O–H groups in total. The van der Waals surface area contributed by atoms with Gasteiger partial charge in [0.1, 0.15) is 0 Å². The first kappa shape index (κ1) is 19.6. The molecule has 1 amide bonds. The second-order valence-electron chi connectivity index (χ2n) is 7.59. The van der Waals surface area contributed by atoms with E-state index in [1.54, 1.807) is 0 Å². The predicted octanol–water partition coefficient (Wildman–Crippen LogP) is 3.15. The van der Waals surface area contributed by atoms with Crippen LogP contribution in [0, 0.1) is 5.92 Å². The minimum absolute atomic E-state index is 0.0640. The van der Waals surface area contributed by atoms with Crippen LogP contribution in [0.25, 0.3) is 0 Å². The third kappa shape index (κ3) is 5.65. The van der Waals surface area contributed by atoms with Gasteiger partial charge in [-0.25, -0.2) is 0 Å². The number of nitrogens with one attached hydrogen (secondary N) is 1. The number of nitrogens with two attached hydrogens (primary N) is 1. The molecule has 2 atom stereocenters. The molecule has 0 radical (unpaired) electrons. The summed E-state index contributed by atoms with van der Waals surface area (Å²) in [6.07, 6.45) is 3.10. The van der Waals surface area contributed by atoms with Gasteiger partial charge in [-0.3, -0.25) is 4.79 Å². The Morgan fingerprint density at radius 3 is 2.30 bits per heavy atom. The van der Waals surface area contributed by atoms with Crippen LogP contribution in [0.5, 0.6) is 0 Å². The highest BCUT2D eigenvalue weighted by Gasteiger charge is 2.26. The summed E-state index contributed by atoms with van der Waals surface area (Å²) in [6, 6.07) is 20.5. The van der Waals surface area contributed by atoms with Crippen molar-refractivity contribution in [1.29, 1.82) is 0 Å². The number of benzene rings is 2. The minimum Gasteiger partial charge on any atom is -0.353 e. The van der Waals surface area contributed by atoms with Gasteiger partial charge in [-0.15, -0.1) is 0 Å². The molecular weight excluding hydrogens is 334 g/mol. The van der Waals surface area contributed by atoms with Gasteiger partial charge < -0.3 is 16.0 Å². The van der Waals surface area contributed by atoms with Crippen LogP contribution in [-0.4, -0.2) is 36.5 Å². The highest BCUT2D eigenvalue weighted by atomic mass is 16.2. The maximum absolute atomic E-state index is 12.6. The van der Waals surface area contributed by atoms with Crippen LogP contribution in [0.3, 0.4) is 0 Å². The Morgan fingerprint density at radius 2 is 1.67 bits per heavy atom. The number of amides is 1. The topological polar surface area (TPSA) is 58.4 Å². The van der Waals surface area contributed by atoms with Crippen molar-refractivity contribution in [3.63, 3.8) is 0 Å². The van der Waals surface area contributed by atoms with Crippen molar-refractivity contribution >= 4 is 5.91 Å². The average Bonchev–Trinajstić information content (AvgIpc) is 2.73. The molecule has 4 heteroatoms. The Balaban J connectivity index is 1.41. The maximum atomic E-state index is 12.6. The van der Waals surface area contributed by atoms with Crippen LogP contribution in [0.4, 0.5) is 0 Å². The molecule has 4 nitrogen and oxygen atoms in total. The van der Waals surface area contributed by atoms with E-state index in [9.17, 15) is 4.79 Å². The fraction of sp³-hybridized carbons (Fsp3) is 0.435. The van der Waals surface area contributed by atoms with E-state index in [1.807, 2.05) is 37.3 Å². The Bertz CT molecular complexity index is 696. The third-order valence-corrected chi connectivity index (χ3v) is 5.63. The van der Waals surface area contributed by atoms with Crippen molar-refractivity contribution in [3.05, 3.63) is 71.8 Å². The summed E-state index contributed by atoms with van der Waals surface area (Å²) in [5.41, 5.74) is 8.69. The zero-order valence-corrected chi connectivity index (χ0v) is 16.2. The fourth-order valence-electron chi connectivity index (χ4n) is 3.69. The number of carbonyl (C=O) groups excluding carboxylic acids is 1. The molecule has 1 aliphatic heterocycles. The van der Waals surface area contributed by atoms with Crippen LogP contribution >= 0.6 is 0 Å². The zero-order valence-electron chi connectivity index (χ0n) is 16.2. The fourth-order valence-corrected chi connectivity index (χ4v) is 3.69. The first-order valence-corrected chi connectivity index (χ1v) is 10.0. The SMILES string of the molecule is CC(C(=O)NC1CCN(CCc2ccccc2)CC1)C(N)c1ccccc1.